The Morgan fingerprint density at radius 3 is 2.33 bits per heavy atom. The molecule has 3 amide bonds. The maximum absolute atomic E-state index is 13.1. The van der Waals surface area contributed by atoms with Crippen molar-refractivity contribution in [2.24, 2.45) is 7.05 Å². The van der Waals surface area contributed by atoms with Crippen molar-refractivity contribution in [3.8, 4) is 11.3 Å². The minimum atomic E-state index is -0.329. The predicted octanol–water partition coefficient (Wildman–Crippen LogP) is 3.91. The highest BCUT2D eigenvalue weighted by molar-refractivity contribution is 5.94. The number of nitrogens with one attached hydrogen (secondary N) is 2. The molecule has 4 aromatic rings. The molecule has 6 rings (SSSR count). The lowest BCUT2D eigenvalue weighted by molar-refractivity contribution is 0.0302. The summed E-state index contributed by atoms with van der Waals surface area (Å²) in [5.41, 5.74) is 5.55. The zero-order valence-electron chi connectivity index (χ0n) is 23.5. The van der Waals surface area contributed by atoms with E-state index >= 15 is 0 Å². The molecule has 2 aromatic carbocycles. The fourth-order valence-corrected chi connectivity index (χ4v) is 5.23. The van der Waals surface area contributed by atoms with Gasteiger partial charge in [-0.1, -0.05) is 36.4 Å². The Balaban J connectivity index is 1.20. The largest absolute Gasteiger partial charge is 0.378 e. The first-order valence-corrected chi connectivity index (χ1v) is 13.8. The third-order valence-electron chi connectivity index (χ3n) is 7.61. The molecule has 0 saturated carbocycles. The number of urea groups is 1. The molecular weight excluding hydrogens is 534 g/mol. The zero-order valence-corrected chi connectivity index (χ0v) is 23.5. The Bertz CT molecular complexity index is 1690. The third kappa shape index (κ3) is 5.46. The molecule has 0 bridgehead atoms. The highest BCUT2D eigenvalue weighted by Gasteiger charge is 2.24. The fourth-order valence-electron chi connectivity index (χ4n) is 5.23. The fraction of sp³-hybridized carbons (Fsp3) is 0.258. The molecule has 0 radical (unpaired) electrons. The van der Waals surface area contributed by atoms with Crippen LogP contribution in [0.5, 0.6) is 0 Å². The Morgan fingerprint density at radius 1 is 0.905 bits per heavy atom. The van der Waals surface area contributed by atoms with Crippen molar-refractivity contribution in [1.82, 2.24) is 24.6 Å². The molecule has 214 valence electrons. The van der Waals surface area contributed by atoms with Gasteiger partial charge in [0.05, 0.1) is 24.5 Å². The number of nitrogens with zero attached hydrogens (tertiary/aromatic N) is 5. The van der Waals surface area contributed by atoms with Gasteiger partial charge in [0.1, 0.15) is 11.5 Å². The Kier molecular flexibility index (Phi) is 7.41. The summed E-state index contributed by atoms with van der Waals surface area (Å²) in [5, 5.41) is 10.6. The molecule has 42 heavy (non-hydrogen) atoms. The van der Waals surface area contributed by atoms with Crippen molar-refractivity contribution in [2.75, 3.05) is 36.9 Å². The minimum absolute atomic E-state index is 0.101. The molecule has 2 aliphatic rings. The van der Waals surface area contributed by atoms with Gasteiger partial charge in [0.25, 0.3) is 11.5 Å². The van der Waals surface area contributed by atoms with Gasteiger partial charge in [-0.05, 0) is 47.9 Å². The van der Waals surface area contributed by atoms with E-state index in [1.54, 1.807) is 35.0 Å². The smallest absolute Gasteiger partial charge is 0.322 e. The molecule has 2 aromatic heterocycles. The molecule has 11 nitrogen and oxygen atoms in total. The van der Waals surface area contributed by atoms with Crippen molar-refractivity contribution >= 4 is 29.1 Å². The molecule has 1 saturated heterocycles. The van der Waals surface area contributed by atoms with Crippen LogP contribution >= 0.6 is 0 Å². The first-order chi connectivity index (χ1) is 20.4. The molecule has 4 heterocycles. The number of fused-ring (bicyclic) bond motifs is 1. The van der Waals surface area contributed by atoms with Crippen LogP contribution in [0.2, 0.25) is 0 Å². The normalized spacial score (nSPS) is 14.4. The van der Waals surface area contributed by atoms with E-state index in [-0.39, 0.29) is 23.2 Å². The Labute approximate surface area is 242 Å². The second-order valence-electron chi connectivity index (χ2n) is 10.4. The predicted molar refractivity (Wildman–Crippen MR) is 159 cm³/mol. The summed E-state index contributed by atoms with van der Waals surface area (Å²) in [6, 6.07) is 18.5. The molecule has 2 aliphatic heterocycles. The SMILES string of the molecule is Cc1c(NC(=O)N2Cc3ccccc3C2)cccc1-c1cc(Nc2ccc(C(=O)N3CCOCC3)cn2)c(=O)n(C)n1. The average molecular weight is 566 g/mol. The van der Waals surface area contributed by atoms with Crippen LogP contribution in [0.4, 0.5) is 22.0 Å². The average Bonchev–Trinajstić information content (AvgIpc) is 3.46. The van der Waals surface area contributed by atoms with Crippen molar-refractivity contribution < 1.29 is 14.3 Å². The van der Waals surface area contributed by atoms with Crippen molar-refractivity contribution in [1.29, 1.82) is 0 Å². The number of morpholine rings is 1. The monoisotopic (exact) mass is 565 g/mol. The first-order valence-electron chi connectivity index (χ1n) is 13.8. The van der Waals surface area contributed by atoms with Crippen molar-refractivity contribution in [3.63, 3.8) is 0 Å². The van der Waals surface area contributed by atoms with E-state index in [4.69, 9.17) is 4.74 Å². The number of rotatable bonds is 5. The Morgan fingerprint density at radius 2 is 1.64 bits per heavy atom. The maximum Gasteiger partial charge on any atom is 0.322 e. The van der Waals surface area contributed by atoms with Crippen LogP contribution in [0, 0.1) is 6.92 Å². The molecule has 0 atom stereocenters. The maximum atomic E-state index is 13.1. The van der Waals surface area contributed by atoms with Crippen LogP contribution in [0.25, 0.3) is 11.3 Å². The van der Waals surface area contributed by atoms with Gasteiger partial charge in [-0.2, -0.15) is 5.10 Å². The van der Waals surface area contributed by atoms with Crippen LogP contribution in [-0.4, -0.2) is 62.8 Å². The van der Waals surface area contributed by atoms with E-state index < -0.39 is 0 Å². The number of hydrogen-bond donors (Lipinski definition) is 2. The number of ether oxygens (including phenoxy) is 1. The minimum Gasteiger partial charge on any atom is -0.378 e. The highest BCUT2D eigenvalue weighted by Crippen LogP contribution is 2.30. The van der Waals surface area contributed by atoms with Crippen LogP contribution in [0.3, 0.4) is 0 Å². The number of pyridine rings is 1. The highest BCUT2D eigenvalue weighted by atomic mass is 16.5. The van der Waals surface area contributed by atoms with E-state index in [1.165, 1.54) is 10.9 Å². The number of carbonyl (C=O) groups is 2. The van der Waals surface area contributed by atoms with Crippen LogP contribution < -0.4 is 16.2 Å². The molecule has 2 N–H and O–H groups in total. The van der Waals surface area contributed by atoms with Gasteiger partial charge < -0.3 is 25.2 Å². The molecule has 0 unspecified atom stereocenters. The van der Waals surface area contributed by atoms with Crippen LogP contribution in [0.15, 0.2) is 71.7 Å². The van der Waals surface area contributed by atoms with E-state index in [0.29, 0.717) is 62.2 Å². The van der Waals surface area contributed by atoms with Crippen molar-refractivity contribution in [3.05, 3.63) is 99.5 Å². The molecule has 1 fully saturated rings. The molecule has 11 heteroatoms. The second-order valence-corrected chi connectivity index (χ2v) is 10.4. The van der Waals surface area contributed by atoms with Gasteiger partial charge in [-0.25, -0.2) is 14.5 Å². The lowest BCUT2D eigenvalue weighted by Crippen LogP contribution is -2.40. The first kappa shape index (κ1) is 27.2. The summed E-state index contributed by atoms with van der Waals surface area (Å²) in [6.45, 7) is 5.18. The summed E-state index contributed by atoms with van der Waals surface area (Å²) in [7, 11) is 1.58. The number of amides is 3. The van der Waals surface area contributed by atoms with Crippen LogP contribution in [0.1, 0.15) is 27.0 Å². The standard InChI is InChI=1S/C31H31N7O4/c1-20-24(8-5-9-25(20)34-31(41)38-18-22-6-3-4-7-23(22)19-38)26-16-27(30(40)36(2)35-26)33-28-11-10-21(17-32-28)29(39)37-12-14-42-15-13-37/h3-11,16-17H,12-15,18-19H2,1-2H3,(H,32,33)(H,34,41). The summed E-state index contributed by atoms with van der Waals surface area (Å²) in [4.78, 5) is 46.7. The van der Waals surface area contributed by atoms with Gasteiger partial charge in [0, 0.05) is 50.7 Å². The zero-order chi connectivity index (χ0) is 29.2. The lowest BCUT2D eigenvalue weighted by atomic mass is 10.0. The van der Waals surface area contributed by atoms with Gasteiger partial charge in [-0.15, -0.1) is 0 Å². The number of anilines is 3. The topological polar surface area (TPSA) is 122 Å². The second kappa shape index (κ2) is 11.5. The number of benzene rings is 2. The molecule has 0 spiro atoms. The van der Waals surface area contributed by atoms with E-state index in [2.05, 4.69) is 20.7 Å². The lowest BCUT2D eigenvalue weighted by Gasteiger charge is -2.26. The summed E-state index contributed by atoms with van der Waals surface area (Å²) in [5.74, 6) is 0.323. The number of aromatic nitrogens is 3. The van der Waals surface area contributed by atoms with E-state index in [0.717, 1.165) is 22.3 Å². The van der Waals surface area contributed by atoms with Gasteiger partial charge in [-0.3, -0.25) is 9.59 Å². The van der Waals surface area contributed by atoms with Gasteiger partial charge >= 0.3 is 6.03 Å². The van der Waals surface area contributed by atoms with Crippen molar-refractivity contribution in [2.45, 2.75) is 20.0 Å². The number of aryl methyl sites for hydroxylation is 1. The number of carbonyl (C=O) groups excluding carboxylic acids is 2. The summed E-state index contributed by atoms with van der Waals surface area (Å²) in [6.07, 6.45) is 1.50. The molecule has 0 aliphatic carbocycles. The van der Waals surface area contributed by atoms with E-state index in [1.807, 2.05) is 49.4 Å². The number of hydrogen-bond acceptors (Lipinski definition) is 7. The van der Waals surface area contributed by atoms with Gasteiger partial charge in [0.2, 0.25) is 0 Å². The molecular formula is C31H31N7O4. The third-order valence-corrected chi connectivity index (χ3v) is 7.61. The summed E-state index contributed by atoms with van der Waals surface area (Å²) < 4.78 is 6.58. The van der Waals surface area contributed by atoms with Crippen LogP contribution in [-0.2, 0) is 24.9 Å². The summed E-state index contributed by atoms with van der Waals surface area (Å²) >= 11 is 0. The van der Waals surface area contributed by atoms with Gasteiger partial charge in [0.15, 0.2) is 0 Å². The quantitative estimate of drug-likeness (QED) is 0.376. The van der Waals surface area contributed by atoms with E-state index in [9.17, 15) is 14.4 Å². The Hall–Kier alpha value is -5.03.